The molecule has 0 aromatic heterocycles. The summed E-state index contributed by atoms with van der Waals surface area (Å²) < 4.78 is 0.744. The van der Waals surface area contributed by atoms with E-state index >= 15 is 0 Å². The molecule has 2 atom stereocenters. The lowest BCUT2D eigenvalue weighted by Gasteiger charge is -2.05. The number of benzene rings is 1. The molecule has 0 heterocycles. The Hall–Kier alpha value is -0.770. The van der Waals surface area contributed by atoms with Gasteiger partial charge in [-0.05, 0) is 70.3 Å². The Balaban J connectivity index is 1.92. The fraction of sp³-hybridized carbons (Fsp3) is 0.421. The van der Waals surface area contributed by atoms with Crippen molar-refractivity contribution in [2.24, 2.45) is 11.8 Å². The van der Waals surface area contributed by atoms with Gasteiger partial charge in [-0.2, -0.15) is 0 Å². The highest BCUT2D eigenvalue weighted by atomic mass is 79.9. The fourth-order valence-corrected chi connectivity index (χ4v) is 3.22. The lowest BCUT2D eigenvalue weighted by molar-refractivity contribution is -0.116. The molecule has 2 nitrogen and oxygen atoms in total. The second-order valence-corrected chi connectivity index (χ2v) is 8.30. The van der Waals surface area contributed by atoms with E-state index in [-0.39, 0.29) is 5.91 Å². The zero-order valence-corrected chi connectivity index (χ0v) is 17.2. The van der Waals surface area contributed by atoms with Crippen molar-refractivity contribution in [3.8, 4) is 0 Å². The largest absolute Gasteiger partial charge is 0.352 e. The van der Waals surface area contributed by atoms with E-state index in [1.165, 1.54) is 5.56 Å². The van der Waals surface area contributed by atoms with Crippen molar-refractivity contribution in [2.45, 2.75) is 33.1 Å². The summed E-state index contributed by atoms with van der Waals surface area (Å²) in [6, 6.07) is 3.94. The number of rotatable bonds is 6. The van der Waals surface area contributed by atoms with Gasteiger partial charge in [-0.25, -0.2) is 0 Å². The molecule has 0 aliphatic heterocycles. The SMILES string of the molecule is CC(/C=C/C1CC1c1cc(Cl)c(Br)c(Cl)c1)=C\C(=O)NCC(C)C. The summed E-state index contributed by atoms with van der Waals surface area (Å²) in [5.74, 6) is 1.34. The molecule has 0 radical (unpaired) electrons. The highest BCUT2D eigenvalue weighted by molar-refractivity contribution is 9.10. The summed E-state index contributed by atoms with van der Waals surface area (Å²) in [6.07, 6.45) is 6.90. The maximum Gasteiger partial charge on any atom is 0.244 e. The Morgan fingerprint density at radius 2 is 2.00 bits per heavy atom. The van der Waals surface area contributed by atoms with Crippen LogP contribution in [0.15, 0.2) is 40.4 Å². The van der Waals surface area contributed by atoms with Gasteiger partial charge < -0.3 is 5.32 Å². The zero-order valence-electron chi connectivity index (χ0n) is 14.1. The van der Waals surface area contributed by atoms with E-state index in [1.54, 1.807) is 6.08 Å². The topological polar surface area (TPSA) is 29.1 Å². The standard InChI is InChI=1S/C19H22BrCl2NO/c1-11(2)10-23-18(24)6-12(3)4-5-13-7-15(13)14-8-16(21)19(20)17(22)9-14/h4-6,8-9,11,13,15H,7,10H2,1-3H3,(H,23,24)/b5-4+,12-6+. The van der Waals surface area contributed by atoms with E-state index in [9.17, 15) is 4.79 Å². The molecule has 1 aliphatic rings. The molecule has 0 spiro atoms. The molecule has 2 unspecified atom stereocenters. The van der Waals surface area contributed by atoms with Gasteiger partial charge in [0.05, 0.1) is 14.5 Å². The van der Waals surface area contributed by atoms with E-state index in [0.29, 0.717) is 34.3 Å². The number of carbonyl (C=O) groups is 1. The second kappa shape index (κ2) is 8.55. The molecule has 1 aromatic carbocycles. The molecule has 1 saturated carbocycles. The van der Waals surface area contributed by atoms with Crippen LogP contribution in [-0.2, 0) is 4.79 Å². The third-order valence-electron chi connectivity index (χ3n) is 3.92. The summed E-state index contributed by atoms with van der Waals surface area (Å²) in [5.41, 5.74) is 2.12. The Morgan fingerprint density at radius 1 is 1.38 bits per heavy atom. The normalized spacial score (nSPS) is 20.7. The average molecular weight is 431 g/mol. The summed E-state index contributed by atoms with van der Waals surface area (Å²) in [4.78, 5) is 11.8. The van der Waals surface area contributed by atoms with E-state index in [1.807, 2.05) is 25.1 Å². The summed E-state index contributed by atoms with van der Waals surface area (Å²) in [5, 5.41) is 4.17. The molecular formula is C19H22BrCl2NO. The molecule has 0 saturated heterocycles. The molecule has 1 N–H and O–H groups in total. The lowest BCUT2D eigenvalue weighted by Crippen LogP contribution is -2.25. The zero-order chi connectivity index (χ0) is 17.9. The molecule has 1 aromatic rings. The van der Waals surface area contributed by atoms with Crippen LogP contribution in [0.3, 0.4) is 0 Å². The van der Waals surface area contributed by atoms with Gasteiger partial charge in [-0.1, -0.05) is 49.2 Å². The summed E-state index contributed by atoms with van der Waals surface area (Å²) in [7, 11) is 0. The Labute approximate surface area is 162 Å². The average Bonchev–Trinajstić information content (AvgIpc) is 3.28. The highest BCUT2D eigenvalue weighted by Gasteiger charge is 2.36. The Kier molecular flexibility index (Phi) is 6.97. The van der Waals surface area contributed by atoms with Gasteiger partial charge in [0.1, 0.15) is 0 Å². The van der Waals surface area contributed by atoms with Crippen LogP contribution in [0.1, 0.15) is 38.7 Å². The van der Waals surface area contributed by atoms with Crippen LogP contribution in [-0.4, -0.2) is 12.5 Å². The first-order valence-corrected chi connectivity index (χ1v) is 9.61. The van der Waals surface area contributed by atoms with E-state index < -0.39 is 0 Å². The maximum atomic E-state index is 11.8. The van der Waals surface area contributed by atoms with E-state index in [2.05, 4.69) is 41.2 Å². The van der Waals surface area contributed by atoms with Crippen molar-refractivity contribution in [1.82, 2.24) is 5.32 Å². The first-order chi connectivity index (χ1) is 11.3. The van der Waals surface area contributed by atoms with Crippen molar-refractivity contribution >= 4 is 45.0 Å². The van der Waals surface area contributed by atoms with Crippen LogP contribution in [0.2, 0.25) is 10.0 Å². The predicted octanol–water partition coefficient (Wildman–Crippen LogP) is 6.13. The van der Waals surface area contributed by atoms with Gasteiger partial charge in [0.2, 0.25) is 5.91 Å². The summed E-state index contributed by atoms with van der Waals surface area (Å²) in [6.45, 7) is 6.79. The monoisotopic (exact) mass is 429 g/mol. The number of hydrogen-bond donors (Lipinski definition) is 1. The first-order valence-electron chi connectivity index (χ1n) is 8.06. The molecule has 5 heteroatoms. The quantitative estimate of drug-likeness (QED) is 0.328. The number of carbonyl (C=O) groups excluding carboxylic acids is 1. The van der Waals surface area contributed by atoms with Crippen molar-refractivity contribution in [1.29, 1.82) is 0 Å². The van der Waals surface area contributed by atoms with Crippen LogP contribution in [0.5, 0.6) is 0 Å². The van der Waals surface area contributed by atoms with Gasteiger partial charge in [-0.3, -0.25) is 4.79 Å². The molecule has 1 aliphatic carbocycles. The smallest absolute Gasteiger partial charge is 0.244 e. The molecule has 130 valence electrons. The third-order valence-corrected chi connectivity index (χ3v) is 5.83. The number of nitrogens with one attached hydrogen (secondary N) is 1. The van der Waals surface area contributed by atoms with Crippen LogP contribution >= 0.6 is 39.1 Å². The van der Waals surface area contributed by atoms with Crippen molar-refractivity contribution in [2.75, 3.05) is 6.54 Å². The fourth-order valence-electron chi connectivity index (χ4n) is 2.49. The minimum atomic E-state index is -0.0373. The minimum absolute atomic E-state index is 0.0373. The van der Waals surface area contributed by atoms with E-state index in [4.69, 9.17) is 23.2 Å². The van der Waals surface area contributed by atoms with Crippen LogP contribution in [0, 0.1) is 11.8 Å². The Morgan fingerprint density at radius 3 is 2.58 bits per heavy atom. The summed E-state index contributed by atoms with van der Waals surface area (Å²) >= 11 is 15.7. The highest BCUT2D eigenvalue weighted by Crippen LogP contribution is 2.50. The van der Waals surface area contributed by atoms with Crippen molar-refractivity contribution in [3.05, 3.63) is 56.0 Å². The molecule has 1 amide bonds. The number of allylic oxidation sites excluding steroid dienone is 3. The van der Waals surface area contributed by atoms with Crippen molar-refractivity contribution < 1.29 is 4.79 Å². The Bertz CT molecular complexity index is 659. The molecule has 1 fully saturated rings. The van der Waals surface area contributed by atoms with Crippen molar-refractivity contribution in [3.63, 3.8) is 0 Å². The minimum Gasteiger partial charge on any atom is -0.352 e. The number of amides is 1. The molecule has 2 rings (SSSR count). The molecule has 24 heavy (non-hydrogen) atoms. The number of halogens is 3. The molecular weight excluding hydrogens is 409 g/mol. The maximum absolute atomic E-state index is 11.8. The van der Waals surface area contributed by atoms with Crippen LogP contribution in [0.25, 0.3) is 0 Å². The molecule has 0 bridgehead atoms. The lowest BCUT2D eigenvalue weighted by atomic mass is 10.1. The first kappa shape index (κ1) is 19.6. The van der Waals surface area contributed by atoms with Gasteiger partial charge >= 0.3 is 0 Å². The van der Waals surface area contributed by atoms with Gasteiger partial charge in [0.15, 0.2) is 0 Å². The second-order valence-electron chi connectivity index (χ2n) is 6.69. The van der Waals surface area contributed by atoms with Gasteiger partial charge in [-0.15, -0.1) is 0 Å². The van der Waals surface area contributed by atoms with E-state index in [0.717, 1.165) is 16.5 Å². The third kappa shape index (κ3) is 5.65. The number of hydrogen-bond acceptors (Lipinski definition) is 1. The predicted molar refractivity (Wildman–Crippen MR) is 106 cm³/mol. The van der Waals surface area contributed by atoms with Gasteiger partial charge in [0.25, 0.3) is 0 Å². The van der Waals surface area contributed by atoms with Gasteiger partial charge in [0, 0.05) is 12.6 Å². The van der Waals surface area contributed by atoms with Crippen LogP contribution < -0.4 is 5.32 Å². The van der Waals surface area contributed by atoms with Crippen LogP contribution in [0.4, 0.5) is 0 Å².